The van der Waals surface area contributed by atoms with Crippen LogP contribution in [0.5, 0.6) is 0 Å². The van der Waals surface area contributed by atoms with Crippen LogP contribution < -0.4 is 11.1 Å². The zero-order chi connectivity index (χ0) is 18.7. The van der Waals surface area contributed by atoms with Crippen LogP contribution >= 0.6 is 12.4 Å². The van der Waals surface area contributed by atoms with Crippen molar-refractivity contribution in [3.63, 3.8) is 0 Å². The molecule has 1 saturated heterocycles. The minimum Gasteiger partial charge on any atom is -0.348 e. The maximum atomic E-state index is 12.5. The van der Waals surface area contributed by atoms with E-state index in [1.54, 1.807) is 0 Å². The average Bonchev–Trinajstić information content (AvgIpc) is 2.98. The number of nitrogens with one attached hydrogen (secondary N) is 1. The number of carbonyl (C=O) groups is 1. The predicted molar refractivity (Wildman–Crippen MR) is 113 cm³/mol. The van der Waals surface area contributed by atoms with Gasteiger partial charge in [0.25, 0.3) is 0 Å². The van der Waals surface area contributed by atoms with E-state index in [2.05, 4.69) is 54.4 Å². The first kappa shape index (κ1) is 21.4. The molecule has 0 spiro atoms. The minimum atomic E-state index is 0. The summed E-state index contributed by atoms with van der Waals surface area (Å²) in [6.07, 6.45) is 0. The first-order chi connectivity index (χ1) is 12.4. The van der Waals surface area contributed by atoms with Crippen LogP contribution in [0.3, 0.4) is 0 Å². The van der Waals surface area contributed by atoms with Crippen LogP contribution in [0.25, 0.3) is 0 Å². The van der Waals surface area contributed by atoms with Crippen LogP contribution in [0.1, 0.15) is 41.1 Å². The van der Waals surface area contributed by atoms with Gasteiger partial charge in [-0.25, -0.2) is 0 Å². The van der Waals surface area contributed by atoms with Crippen LogP contribution in [0, 0.1) is 13.8 Å². The van der Waals surface area contributed by atoms with Gasteiger partial charge in [-0.05, 0) is 43.0 Å². The summed E-state index contributed by atoms with van der Waals surface area (Å²) in [5, 5.41) is 3.12. The smallest absolute Gasteiger partial charge is 0.234 e. The molecule has 146 valence electrons. The molecule has 27 heavy (non-hydrogen) atoms. The lowest BCUT2D eigenvalue weighted by Crippen LogP contribution is -2.38. The van der Waals surface area contributed by atoms with Crippen molar-refractivity contribution in [1.82, 2.24) is 10.2 Å². The molecule has 2 aromatic rings. The fraction of sp³-hybridized carbons (Fsp3) is 0.409. The van der Waals surface area contributed by atoms with Gasteiger partial charge < -0.3 is 11.1 Å². The molecule has 1 heterocycles. The lowest BCUT2D eigenvalue weighted by Gasteiger charge is -2.19. The summed E-state index contributed by atoms with van der Waals surface area (Å²) in [6.45, 7) is 8.21. The summed E-state index contributed by atoms with van der Waals surface area (Å²) in [7, 11) is 0. The second kappa shape index (κ2) is 9.36. The van der Waals surface area contributed by atoms with Crippen molar-refractivity contribution < 1.29 is 4.79 Å². The second-order valence-corrected chi connectivity index (χ2v) is 7.51. The van der Waals surface area contributed by atoms with Gasteiger partial charge in [-0.3, -0.25) is 9.69 Å². The summed E-state index contributed by atoms with van der Waals surface area (Å²) >= 11 is 0. The molecule has 1 amide bonds. The molecule has 1 fully saturated rings. The van der Waals surface area contributed by atoms with E-state index in [1.165, 1.54) is 16.7 Å². The number of carbonyl (C=O) groups excluding carboxylic acids is 1. The summed E-state index contributed by atoms with van der Waals surface area (Å²) in [4.78, 5) is 14.6. The fourth-order valence-electron chi connectivity index (χ4n) is 3.70. The Morgan fingerprint density at radius 3 is 2.52 bits per heavy atom. The molecule has 3 atom stereocenters. The molecule has 4 nitrogen and oxygen atoms in total. The van der Waals surface area contributed by atoms with Gasteiger partial charge in [-0.1, -0.05) is 48.5 Å². The Balaban J connectivity index is 0.00000261. The molecule has 0 bridgehead atoms. The number of likely N-dealkylation sites (tertiary alicyclic amines) is 1. The van der Waals surface area contributed by atoms with Gasteiger partial charge in [-0.15, -0.1) is 12.4 Å². The van der Waals surface area contributed by atoms with Gasteiger partial charge in [0.1, 0.15) is 0 Å². The Hall–Kier alpha value is -1.88. The number of rotatable bonds is 5. The predicted octanol–water partition coefficient (Wildman–Crippen LogP) is 3.33. The summed E-state index contributed by atoms with van der Waals surface area (Å²) in [5.74, 6) is 0.345. The maximum absolute atomic E-state index is 12.5. The Labute approximate surface area is 168 Å². The highest BCUT2D eigenvalue weighted by Gasteiger charge is 2.32. The molecule has 3 rings (SSSR count). The van der Waals surface area contributed by atoms with Crippen molar-refractivity contribution in [2.45, 2.75) is 38.8 Å². The molecular formula is C22H30ClN3O. The lowest BCUT2D eigenvalue weighted by molar-refractivity contribution is -0.122. The van der Waals surface area contributed by atoms with Crippen molar-refractivity contribution in [2.24, 2.45) is 5.73 Å². The van der Waals surface area contributed by atoms with E-state index in [4.69, 9.17) is 5.73 Å². The number of benzene rings is 2. The number of amides is 1. The van der Waals surface area contributed by atoms with Gasteiger partial charge in [0.2, 0.25) is 5.91 Å². The third-order valence-corrected chi connectivity index (χ3v) is 5.44. The Bertz CT molecular complexity index is 765. The summed E-state index contributed by atoms with van der Waals surface area (Å²) < 4.78 is 0. The number of aryl methyl sites for hydroxylation is 2. The van der Waals surface area contributed by atoms with Crippen LogP contribution in [0.4, 0.5) is 0 Å². The normalized spacial score (nSPS) is 20.7. The quantitative estimate of drug-likeness (QED) is 0.827. The standard InChI is InChI=1S/C22H29N3O.ClH/c1-15-9-10-19(11-16(15)2)17(3)24-22(26)14-25-12-20(21(23)13-25)18-7-5-4-6-8-18;/h4-11,17,20-21H,12-14,23H2,1-3H3,(H,24,26);1H/t17?,20-,21+;/m0./s1. The molecule has 0 saturated carbocycles. The van der Waals surface area contributed by atoms with E-state index < -0.39 is 0 Å². The number of hydrogen-bond donors (Lipinski definition) is 2. The SMILES string of the molecule is Cc1ccc(C(C)NC(=O)CN2C[C@@H](N)[C@H](c3ccccc3)C2)cc1C.Cl. The van der Waals surface area contributed by atoms with E-state index in [9.17, 15) is 4.79 Å². The summed E-state index contributed by atoms with van der Waals surface area (Å²) in [6, 6.07) is 16.8. The highest BCUT2D eigenvalue weighted by Crippen LogP contribution is 2.26. The van der Waals surface area contributed by atoms with Gasteiger partial charge in [-0.2, -0.15) is 0 Å². The topological polar surface area (TPSA) is 58.4 Å². The first-order valence-corrected chi connectivity index (χ1v) is 9.33. The van der Waals surface area contributed by atoms with E-state index in [-0.39, 0.29) is 30.4 Å². The summed E-state index contributed by atoms with van der Waals surface area (Å²) in [5.41, 5.74) is 11.2. The zero-order valence-corrected chi connectivity index (χ0v) is 17.1. The number of halogens is 1. The maximum Gasteiger partial charge on any atom is 0.234 e. The third-order valence-electron chi connectivity index (χ3n) is 5.44. The van der Waals surface area contributed by atoms with Crippen molar-refractivity contribution >= 4 is 18.3 Å². The average molecular weight is 388 g/mol. The molecule has 1 aliphatic rings. The van der Waals surface area contributed by atoms with E-state index >= 15 is 0 Å². The minimum absolute atomic E-state index is 0. The molecular weight excluding hydrogens is 358 g/mol. The van der Waals surface area contributed by atoms with Gasteiger partial charge in [0, 0.05) is 25.0 Å². The molecule has 1 aliphatic heterocycles. The molecule has 0 radical (unpaired) electrons. The van der Waals surface area contributed by atoms with Gasteiger partial charge in [0.15, 0.2) is 0 Å². The second-order valence-electron chi connectivity index (χ2n) is 7.51. The van der Waals surface area contributed by atoms with Crippen LogP contribution in [-0.4, -0.2) is 36.5 Å². The molecule has 3 N–H and O–H groups in total. The number of nitrogens with zero attached hydrogens (tertiary/aromatic N) is 1. The number of hydrogen-bond acceptors (Lipinski definition) is 3. The van der Waals surface area contributed by atoms with Gasteiger partial charge >= 0.3 is 0 Å². The van der Waals surface area contributed by atoms with Crippen molar-refractivity contribution in [3.05, 3.63) is 70.8 Å². The Kier molecular flexibility index (Phi) is 7.42. The van der Waals surface area contributed by atoms with E-state index in [0.717, 1.165) is 18.7 Å². The van der Waals surface area contributed by atoms with E-state index in [0.29, 0.717) is 12.5 Å². The zero-order valence-electron chi connectivity index (χ0n) is 16.3. The van der Waals surface area contributed by atoms with Crippen LogP contribution in [0.2, 0.25) is 0 Å². The van der Waals surface area contributed by atoms with Gasteiger partial charge in [0.05, 0.1) is 12.6 Å². The Morgan fingerprint density at radius 2 is 1.85 bits per heavy atom. The lowest BCUT2D eigenvalue weighted by atomic mass is 9.95. The highest BCUT2D eigenvalue weighted by molar-refractivity contribution is 5.85. The molecule has 0 aliphatic carbocycles. The van der Waals surface area contributed by atoms with Crippen LogP contribution in [0.15, 0.2) is 48.5 Å². The highest BCUT2D eigenvalue weighted by atomic mass is 35.5. The fourth-order valence-corrected chi connectivity index (χ4v) is 3.70. The molecule has 5 heteroatoms. The van der Waals surface area contributed by atoms with Crippen molar-refractivity contribution in [3.8, 4) is 0 Å². The molecule has 2 aromatic carbocycles. The monoisotopic (exact) mass is 387 g/mol. The molecule has 0 aromatic heterocycles. The van der Waals surface area contributed by atoms with E-state index in [1.807, 2.05) is 25.1 Å². The molecule has 1 unspecified atom stereocenters. The number of nitrogens with two attached hydrogens (primary N) is 1. The first-order valence-electron chi connectivity index (χ1n) is 9.33. The van der Waals surface area contributed by atoms with Crippen molar-refractivity contribution in [2.75, 3.05) is 19.6 Å². The largest absolute Gasteiger partial charge is 0.348 e. The van der Waals surface area contributed by atoms with Crippen LogP contribution in [-0.2, 0) is 4.79 Å². The third kappa shape index (κ3) is 5.32. The Morgan fingerprint density at radius 1 is 1.15 bits per heavy atom. The van der Waals surface area contributed by atoms with Crippen molar-refractivity contribution in [1.29, 1.82) is 0 Å².